The molecule has 1 N–H and O–H groups in total. The van der Waals surface area contributed by atoms with Crippen LogP contribution in [-0.2, 0) is 24.3 Å². The zero-order chi connectivity index (χ0) is 20.1. The molecule has 2 aromatic carbocycles. The Bertz CT molecular complexity index is 1110. The molecule has 5 nitrogen and oxygen atoms in total. The minimum absolute atomic E-state index is 0.0301. The fraction of sp³-hybridized carbons (Fsp3) is 0.333. The van der Waals surface area contributed by atoms with E-state index in [1.807, 2.05) is 55.1 Å². The average molecular weight is 387 g/mol. The number of hydrogen-bond donors (Lipinski definition) is 1. The maximum absolute atomic E-state index is 13.6. The number of carbonyl (C=O) groups is 2. The Kier molecular flexibility index (Phi) is 4.19. The smallest absolute Gasteiger partial charge is 0.255 e. The summed E-state index contributed by atoms with van der Waals surface area (Å²) in [6.45, 7) is 5.84. The number of carbonyl (C=O) groups excluding carboxylic acids is 2. The molecule has 0 bridgehead atoms. The van der Waals surface area contributed by atoms with Crippen LogP contribution < -0.4 is 0 Å². The summed E-state index contributed by atoms with van der Waals surface area (Å²) in [6, 6.07) is 15.5. The van der Waals surface area contributed by atoms with E-state index >= 15 is 0 Å². The lowest BCUT2D eigenvalue weighted by Gasteiger charge is -2.36. The van der Waals surface area contributed by atoms with Gasteiger partial charge in [0.05, 0.1) is 0 Å². The van der Waals surface area contributed by atoms with Gasteiger partial charge in [0.15, 0.2) is 0 Å². The van der Waals surface area contributed by atoms with Gasteiger partial charge in [-0.05, 0) is 23.6 Å². The van der Waals surface area contributed by atoms with Crippen molar-refractivity contribution in [3.63, 3.8) is 0 Å². The Morgan fingerprint density at radius 3 is 2.59 bits per heavy atom. The van der Waals surface area contributed by atoms with Crippen LogP contribution in [0.25, 0.3) is 10.9 Å². The van der Waals surface area contributed by atoms with Crippen LogP contribution in [0.4, 0.5) is 0 Å². The largest absolute Gasteiger partial charge is 0.358 e. The fourth-order valence-corrected chi connectivity index (χ4v) is 4.82. The number of nitrogens with zero attached hydrogens (tertiary/aromatic N) is 2. The van der Waals surface area contributed by atoms with E-state index < -0.39 is 6.04 Å². The average Bonchev–Trinajstić information content (AvgIpc) is 3.25. The molecule has 0 fully saturated rings. The molecule has 2 amide bonds. The first kappa shape index (κ1) is 18.0. The summed E-state index contributed by atoms with van der Waals surface area (Å²) >= 11 is 0. The topological polar surface area (TPSA) is 56.4 Å². The summed E-state index contributed by atoms with van der Waals surface area (Å²) in [6.07, 6.45) is 0.814. The van der Waals surface area contributed by atoms with Crippen LogP contribution >= 0.6 is 0 Å². The minimum Gasteiger partial charge on any atom is -0.358 e. The normalized spacial score (nSPS) is 17.0. The number of benzene rings is 2. The van der Waals surface area contributed by atoms with Crippen molar-refractivity contribution in [3.8, 4) is 0 Å². The van der Waals surface area contributed by atoms with E-state index in [0.717, 1.165) is 23.1 Å². The summed E-state index contributed by atoms with van der Waals surface area (Å²) in [4.78, 5) is 33.8. The molecule has 29 heavy (non-hydrogen) atoms. The number of amides is 2. The van der Waals surface area contributed by atoms with Gasteiger partial charge in [0.2, 0.25) is 5.91 Å². The van der Waals surface area contributed by atoms with Crippen molar-refractivity contribution in [1.29, 1.82) is 0 Å². The quantitative estimate of drug-likeness (QED) is 0.744. The standard InChI is InChI=1S/C24H25N3O2/c1-15(2)22(27-13-16-7-3-4-8-17(16)23(27)28)24(29)26-12-11-21-19(14-26)18-9-5-6-10-20(18)25-21/h3-10,15,22,25H,11-14H2,1-2H3/t22-/m0/s1. The number of hydrogen-bond acceptors (Lipinski definition) is 2. The maximum atomic E-state index is 13.6. The van der Waals surface area contributed by atoms with Gasteiger partial charge in [-0.25, -0.2) is 0 Å². The fourth-order valence-electron chi connectivity index (χ4n) is 4.82. The molecule has 0 unspecified atom stereocenters. The maximum Gasteiger partial charge on any atom is 0.255 e. The first-order valence-corrected chi connectivity index (χ1v) is 10.3. The predicted molar refractivity (Wildman–Crippen MR) is 112 cm³/mol. The Morgan fingerprint density at radius 2 is 1.79 bits per heavy atom. The molecule has 0 saturated heterocycles. The summed E-state index contributed by atoms with van der Waals surface area (Å²) < 4.78 is 0. The van der Waals surface area contributed by atoms with Crippen LogP contribution in [0.15, 0.2) is 48.5 Å². The summed E-state index contributed by atoms with van der Waals surface area (Å²) in [5.74, 6) is 0.0691. The van der Waals surface area contributed by atoms with E-state index in [1.165, 1.54) is 16.6 Å². The molecule has 0 radical (unpaired) electrons. The van der Waals surface area contributed by atoms with Crippen LogP contribution in [0, 0.1) is 5.92 Å². The second-order valence-corrected chi connectivity index (χ2v) is 8.42. The number of para-hydroxylation sites is 1. The number of nitrogens with one attached hydrogen (secondary N) is 1. The predicted octanol–water partition coefficient (Wildman–Crippen LogP) is 3.73. The Labute approximate surface area is 170 Å². The molecular formula is C24H25N3O2. The van der Waals surface area contributed by atoms with Gasteiger partial charge in [-0.2, -0.15) is 0 Å². The van der Waals surface area contributed by atoms with E-state index in [4.69, 9.17) is 0 Å². The van der Waals surface area contributed by atoms with E-state index in [1.54, 1.807) is 4.90 Å². The van der Waals surface area contributed by atoms with E-state index in [2.05, 4.69) is 17.1 Å². The highest BCUT2D eigenvalue weighted by atomic mass is 16.2. The lowest BCUT2D eigenvalue weighted by atomic mass is 9.98. The third-order valence-electron chi connectivity index (χ3n) is 6.26. The van der Waals surface area contributed by atoms with E-state index in [9.17, 15) is 9.59 Å². The van der Waals surface area contributed by atoms with Crippen LogP contribution in [0.2, 0.25) is 0 Å². The zero-order valence-corrected chi connectivity index (χ0v) is 16.8. The van der Waals surface area contributed by atoms with Crippen LogP contribution in [-0.4, -0.2) is 39.2 Å². The third-order valence-corrected chi connectivity index (χ3v) is 6.26. The van der Waals surface area contributed by atoms with E-state index in [0.29, 0.717) is 19.6 Å². The van der Waals surface area contributed by atoms with Gasteiger partial charge in [-0.15, -0.1) is 0 Å². The van der Waals surface area contributed by atoms with E-state index in [-0.39, 0.29) is 17.7 Å². The van der Waals surface area contributed by atoms with Crippen molar-refractivity contribution in [2.45, 2.75) is 39.4 Å². The first-order chi connectivity index (χ1) is 14.0. The number of aromatic amines is 1. The van der Waals surface area contributed by atoms with Crippen molar-refractivity contribution in [1.82, 2.24) is 14.8 Å². The van der Waals surface area contributed by atoms with Crippen LogP contribution in [0.5, 0.6) is 0 Å². The SMILES string of the molecule is CC(C)[C@@H](C(=O)N1CCc2[nH]c3ccccc3c2C1)N1Cc2ccccc2C1=O. The molecule has 1 aromatic heterocycles. The van der Waals surface area contributed by atoms with Gasteiger partial charge in [-0.3, -0.25) is 9.59 Å². The van der Waals surface area contributed by atoms with Gasteiger partial charge >= 0.3 is 0 Å². The monoisotopic (exact) mass is 387 g/mol. The summed E-state index contributed by atoms with van der Waals surface area (Å²) in [5.41, 5.74) is 5.29. The Morgan fingerprint density at radius 1 is 1.03 bits per heavy atom. The van der Waals surface area contributed by atoms with Gasteiger partial charge < -0.3 is 14.8 Å². The molecular weight excluding hydrogens is 362 g/mol. The third kappa shape index (κ3) is 2.84. The molecule has 3 aromatic rings. The highest BCUT2D eigenvalue weighted by Gasteiger charge is 2.40. The summed E-state index contributed by atoms with van der Waals surface area (Å²) in [5, 5.41) is 1.19. The van der Waals surface area contributed by atoms with Crippen molar-refractivity contribution >= 4 is 22.7 Å². The summed E-state index contributed by atoms with van der Waals surface area (Å²) in [7, 11) is 0. The van der Waals surface area contributed by atoms with Crippen molar-refractivity contribution in [3.05, 3.63) is 70.9 Å². The molecule has 5 heteroatoms. The molecule has 0 saturated carbocycles. The second-order valence-electron chi connectivity index (χ2n) is 8.42. The highest BCUT2D eigenvalue weighted by Crippen LogP contribution is 2.31. The Balaban J connectivity index is 1.44. The highest BCUT2D eigenvalue weighted by molar-refractivity contribution is 6.01. The molecule has 0 aliphatic carbocycles. The van der Waals surface area contributed by atoms with Crippen molar-refractivity contribution < 1.29 is 9.59 Å². The number of rotatable bonds is 3. The van der Waals surface area contributed by atoms with Crippen molar-refractivity contribution in [2.24, 2.45) is 5.92 Å². The number of aromatic nitrogens is 1. The van der Waals surface area contributed by atoms with Crippen LogP contribution in [0.1, 0.15) is 41.0 Å². The lowest BCUT2D eigenvalue weighted by molar-refractivity contribution is -0.138. The molecule has 1 atom stereocenters. The van der Waals surface area contributed by atoms with Gasteiger partial charge in [0.25, 0.3) is 5.91 Å². The molecule has 5 rings (SSSR count). The zero-order valence-electron chi connectivity index (χ0n) is 16.8. The van der Waals surface area contributed by atoms with Gasteiger partial charge in [0, 0.05) is 53.8 Å². The van der Waals surface area contributed by atoms with Crippen molar-refractivity contribution in [2.75, 3.05) is 6.54 Å². The molecule has 0 spiro atoms. The Hall–Kier alpha value is -3.08. The van der Waals surface area contributed by atoms with Gasteiger partial charge in [0.1, 0.15) is 6.04 Å². The number of fused-ring (bicyclic) bond motifs is 4. The minimum atomic E-state index is -0.443. The van der Waals surface area contributed by atoms with Crippen LogP contribution in [0.3, 0.4) is 0 Å². The molecule has 2 aliphatic rings. The molecule has 2 aliphatic heterocycles. The second kappa shape index (κ2) is 6.76. The van der Waals surface area contributed by atoms with Gasteiger partial charge in [-0.1, -0.05) is 50.2 Å². The molecule has 148 valence electrons. The molecule has 3 heterocycles. The lowest BCUT2D eigenvalue weighted by Crippen LogP contribution is -2.52. The first-order valence-electron chi connectivity index (χ1n) is 10.3. The number of H-pyrrole nitrogens is 1.